The zero-order valence-corrected chi connectivity index (χ0v) is 22.7. The third kappa shape index (κ3) is 4.23. The minimum absolute atomic E-state index is 0.162. The van der Waals surface area contributed by atoms with E-state index in [4.69, 9.17) is 9.47 Å². The van der Waals surface area contributed by atoms with Gasteiger partial charge in [-0.15, -0.1) is 0 Å². The van der Waals surface area contributed by atoms with Crippen LogP contribution in [0.2, 0.25) is 19.6 Å². The van der Waals surface area contributed by atoms with Crippen molar-refractivity contribution in [3.05, 3.63) is 116 Å². The molecule has 6 heteroatoms. The zero-order chi connectivity index (χ0) is 23.9. The maximum absolute atomic E-state index is 13.5. The van der Waals surface area contributed by atoms with Crippen LogP contribution < -0.4 is 0 Å². The van der Waals surface area contributed by atoms with Crippen molar-refractivity contribution in [1.82, 2.24) is 4.90 Å². The summed E-state index contributed by atoms with van der Waals surface area (Å²) in [6.45, 7) is 7.02. The molecule has 0 aliphatic carbocycles. The molecule has 1 fully saturated rings. The first-order valence-corrected chi connectivity index (χ1v) is 16.1. The summed E-state index contributed by atoms with van der Waals surface area (Å²) in [7, 11) is -1.76. The Bertz CT molecular complexity index is 1190. The highest BCUT2D eigenvalue weighted by atomic mass is 127. The lowest BCUT2D eigenvalue weighted by atomic mass is 9.95. The van der Waals surface area contributed by atoms with Gasteiger partial charge in [-0.3, -0.25) is 4.90 Å². The van der Waals surface area contributed by atoms with Crippen LogP contribution in [0.5, 0.6) is 0 Å². The quantitative estimate of drug-likeness (QED) is 0.230. The fraction of sp³-hybridized carbons (Fsp3) is 0.250. The largest absolute Gasteiger partial charge is 0.439 e. The average molecular weight is 582 g/mol. The first-order chi connectivity index (χ1) is 16.4. The van der Waals surface area contributed by atoms with Crippen LogP contribution in [-0.2, 0) is 9.47 Å². The molecule has 34 heavy (non-hydrogen) atoms. The standard InChI is InChI=1S/C28H28INO3Si/c1-34(2,3)26-22(29)27(32-25(26)21-17-11-6-12-18-21)30-23(19-13-7-4-8-14-19)24(33-28(30)31)20-15-9-5-10-16-20/h4-18,23-25,27H,1-3H3/t23-,24+,25-,27-/m0/s1. The van der Waals surface area contributed by atoms with Gasteiger partial charge in [-0.1, -0.05) is 111 Å². The maximum Gasteiger partial charge on any atom is 0.413 e. The smallest absolute Gasteiger partial charge is 0.413 e. The molecule has 0 unspecified atom stereocenters. The SMILES string of the molecule is C[Si](C)(C)C1=C(I)[C@@H](N2C(=O)O[C@H](c3ccccc3)[C@@H]2c2ccccc2)O[C@H]1c1ccccc1. The Morgan fingerprint density at radius 1 is 0.765 bits per heavy atom. The van der Waals surface area contributed by atoms with E-state index in [2.05, 4.69) is 66.5 Å². The molecule has 3 aromatic rings. The van der Waals surface area contributed by atoms with Gasteiger partial charge < -0.3 is 9.47 Å². The van der Waals surface area contributed by atoms with Crippen LogP contribution in [-0.4, -0.2) is 25.3 Å². The van der Waals surface area contributed by atoms with Gasteiger partial charge in [0.1, 0.15) is 12.1 Å². The number of halogens is 1. The van der Waals surface area contributed by atoms with Crippen molar-refractivity contribution in [2.75, 3.05) is 0 Å². The summed E-state index contributed by atoms with van der Waals surface area (Å²) in [4.78, 5) is 15.3. The molecule has 0 saturated carbocycles. The molecule has 174 valence electrons. The lowest BCUT2D eigenvalue weighted by molar-refractivity contribution is -0.0316. The average Bonchev–Trinajstić information content (AvgIpc) is 3.37. The highest BCUT2D eigenvalue weighted by Crippen LogP contribution is 2.52. The number of carbonyl (C=O) groups excluding carboxylic acids is 1. The highest BCUT2D eigenvalue weighted by molar-refractivity contribution is 14.1. The fourth-order valence-electron chi connectivity index (χ4n) is 4.94. The Morgan fingerprint density at radius 3 is 1.79 bits per heavy atom. The second kappa shape index (κ2) is 9.32. The summed E-state index contributed by atoms with van der Waals surface area (Å²) < 4.78 is 13.9. The van der Waals surface area contributed by atoms with Gasteiger partial charge >= 0.3 is 6.09 Å². The summed E-state index contributed by atoms with van der Waals surface area (Å²) in [6, 6.07) is 30.2. The lowest BCUT2D eigenvalue weighted by Gasteiger charge is -2.30. The first-order valence-electron chi connectivity index (χ1n) is 11.6. The number of hydrogen-bond acceptors (Lipinski definition) is 3. The molecule has 0 aromatic heterocycles. The van der Waals surface area contributed by atoms with Crippen LogP contribution in [0.25, 0.3) is 0 Å². The van der Waals surface area contributed by atoms with Crippen LogP contribution in [0.4, 0.5) is 4.79 Å². The molecule has 1 amide bonds. The van der Waals surface area contributed by atoms with Crippen LogP contribution in [0.1, 0.15) is 34.9 Å². The molecule has 1 saturated heterocycles. The lowest BCUT2D eigenvalue weighted by Crippen LogP contribution is -2.39. The second-order valence-electron chi connectivity index (χ2n) is 9.77. The monoisotopic (exact) mass is 581 g/mol. The van der Waals surface area contributed by atoms with Crippen LogP contribution in [0, 0.1) is 0 Å². The van der Waals surface area contributed by atoms with Crippen LogP contribution in [0.15, 0.2) is 99.8 Å². The van der Waals surface area contributed by atoms with E-state index >= 15 is 0 Å². The third-order valence-electron chi connectivity index (χ3n) is 6.46. The van der Waals surface area contributed by atoms with E-state index in [1.54, 1.807) is 0 Å². The maximum atomic E-state index is 13.5. The summed E-state index contributed by atoms with van der Waals surface area (Å²) in [5.74, 6) is 0. The predicted octanol–water partition coefficient (Wildman–Crippen LogP) is 7.59. The number of benzene rings is 3. The first kappa shape index (κ1) is 23.3. The molecule has 2 heterocycles. The van der Waals surface area contributed by atoms with E-state index < -0.39 is 20.4 Å². The molecule has 0 spiro atoms. The summed E-state index contributed by atoms with van der Waals surface area (Å²) in [5.41, 5.74) is 3.14. The van der Waals surface area contributed by atoms with Gasteiger partial charge in [0.05, 0.1) is 8.07 Å². The van der Waals surface area contributed by atoms with Gasteiger partial charge in [-0.05, 0) is 44.5 Å². The van der Waals surface area contributed by atoms with Crippen molar-refractivity contribution in [3.63, 3.8) is 0 Å². The van der Waals surface area contributed by atoms with Gasteiger partial charge in [-0.25, -0.2) is 4.79 Å². The molecular weight excluding hydrogens is 553 g/mol. The topological polar surface area (TPSA) is 38.8 Å². The molecule has 3 aromatic carbocycles. The van der Waals surface area contributed by atoms with E-state index in [1.165, 1.54) is 5.20 Å². The predicted molar refractivity (Wildman–Crippen MR) is 145 cm³/mol. The van der Waals surface area contributed by atoms with Crippen LogP contribution >= 0.6 is 22.6 Å². The Labute approximate surface area is 215 Å². The molecular formula is C28H28INO3Si. The number of carbonyl (C=O) groups is 1. The highest BCUT2D eigenvalue weighted by Gasteiger charge is 2.52. The van der Waals surface area contributed by atoms with Gasteiger partial charge in [0.15, 0.2) is 12.3 Å². The number of rotatable bonds is 5. The van der Waals surface area contributed by atoms with Crippen LogP contribution in [0.3, 0.4) is 0 Å². The molecule has 5 rings (SSSR count). The van der Waals surface area contributed by atoms with E-state index in [0.717, 1.165) is 20.3 Å². The minimum atomic E-state index is -1.76. The van der Waals surface area contributed by atoms with Crippen molar-refractivity contribution < 1.29 is 14.3 Å². The molecule has 4 nitrogen and oxygen atoms in total. The van der Waals surface area contributed by atoms with E-state index in [9.17, 15) is 4.79 Å². The van der Waals surface area contributed by atoms with Gasteiger partial charge in [0, 0.05) is 3.58 Å². The normalized spacial score (nSPS) is 25.1. The van der Waals surface area contributed by atoms with Crippen molar-refractivity contribution in [2.45, 2.75) is 44.1 Å². The second-order valence-corrected chi connectivity index (χ2v) is 16.0. The Morgan fingerprint density at radius 2 is 1.26 bits per heavy atom. The number of cyclic esters (lactones) is 1. The Hall–Kier alpha value is -2.42. The van der Waals surface area contributed by atoms with Crippen molar-refractivity contribution in [2.24, 2.45) is 0 Å². The van der Waals surface area contributed by atoms with E-state index in [1.807, 2.05) is 71.6 Å². The van der Waals surface area contributed by atoms with Gasteiger partial charge in [-0.2, -0.15) is 0 Å². The molecule has 0 N–H and O–H groups in total. The number of nitrogens with zero attached hydrogens (tertiary/aromatic N) is 1. The van der Waals surface area contributed by atoms with Crippen molar-refractivity contribution >= 4 is 36.8 Å². The van der Waals surface area contributed by atoms with Crippen molar-refractivity contribution in [3.8, 4) is 0 Å². The molecule has 4 atom stereocenters. The van der Waals surface area contributed by atoms with E-state index in [-0.39, 0.29) is 18.2 Å². The Balaban J connectivity index is 1.61. The fourth-order valence-corrected chi connectivity index (χ4v) is 9.96. The van der Waals surface area contributed by atoms with Crippen molar-refractivity contribution in [1.29, 1.82) is 0 Å². The molecule has 2 aliphatic heterocycles. The summed E-state index contributed by atoms with van der Waals surface area (Å²) in [6.07, 6.45) is -1.40. The summed E-state index contributed by atoms with van der Waals surface area (Å²) in [5, 5.41) is 1.34. The minimum Gasteiger partial charge on any atom is -0.439 e. The number of ether oxygens (including phenoxy) is 2. The Kier molecular flexibility index (Phi) is 6.39. The van der Waals surface area contributed by atoms with Gasteiger partial charge in [0.2, 0.25) is 0 Å². The zero-order valence-electron chi connectivity index (χ0n) is 19.5. The number of hydrogen-bond donors (Lipinski definition) is 0. The number of amides is 1. The van der Waals surface area contributed by atoms with E-state index in [0.29, 0.717) is 0 Å². The molecule has 0 radical (unpaired) electrons. The summed E-state index contributed by atoms with van der Waals surface area (Å²) >= 11 is 2.41. The molecule has 0 bridgehead atoms. The third-order valence-corrected chi connectivity index (χ3v) is 10.2. The molecule has 2 aliphatic rings. The van der Waals surface area contributed by atoms with Gasteiger partial charge in [0.25, 0.3) is 0 Å².